The van der Waals surface area contributed by atoms with Gasteiger partial charge in [-0.05, 0) is 64.0 Å². The normalized spacial score (nSPS) is 15.7. The van der Waals surface area contributed by atoms with Gasteiger partial charge in [-0.25, -0.2) is 9.98 Å². The summed E-state index contributed by atoms with van der Waals surface area (Å²) < 4.78 is 12.5. The summed E-state index contributed by atoms with van der Waals surface area (Å²) in [5, 5.41) is 12.4. The van der Waals surface area contributed by atoms with Gasteiger partial charge in [0.2, 0.25) is 0 Å². The lowest BCUT2D eigenvalue weighted by Crippen LogP contribution is -2.33. The highest BCUT2D eigenvalue weighted by atomic mass is 16.3. The lowest BCUT2D eigenvalue weighted by Gasteiger charge is -2.24. The third kappa shape index (κ3) is 4.19. The molecule has 0 spiro atoms. The summed E-state index contributed by atoms with van der Waals surface area (Å²) >= 11 is 0. The van der Waals surface area contributed by atoms with Gasteiger partial charge in [0.1, 0.15) is 34.5 Å². The Morgan fingerprint density at radius 3 is 2.31 bits per heavy atom. The van der Waals surface area contributed by atoms with Crippen molar-refractivity contribution >= 4 is 61.4 Å². The fourth-order valence-electron chi connectivity index (χ4n) is 7.20. The van der Waals surface area contributed by atoms with Crippen LogP contribution in [0.25, 0.3) is 60.9 Å². The molecule has 0 fully saturated rings. The van der Waals surface area contributed by atoms with Crippen LogP contribution < -0.4 is 10.6 Å². The maximum Gasteiger partial charge on any atom is 0.160 e. The average molecular weight is 621 g/mol. The Kier molecular flexibility index (Phi) is 5.90. The summed E-state index contributed by atoms with van der Waals surface area (Å²) in [5.41, 5.74) is 9.05. The number of hydrogen-bond donors (Lipinski definition) is 2. The zero-order chi connectivity index (χ0) is 31.6. The number of furan rings is 2. The van der Waals surface area contributed by atoms with Crippen molar-refractivity contribution in [1.82, 2.24) is 10.6 Å². The van der Waals surface area contributed by atoms with E-state index in [-0.39, 0.29) is 6.17 Å². The van der Waals surface area contributed by atoms with Crippen molar-refractivity contribution in [3.8, 4) is 11.1 Å². The molecule has 2 aromatic heterocycles. The average Bonchev–Trinajstić information content (AvgIpc) is 3.73. The van der Waals surface area contributed by atoms with Crippen LogP contribution in [0.1, 0.15) is 34.2 Å². The van der Waals surface area contributed by atoms with Crippen LogP contribution in [0.2, 0.25) is 0 Å². The summed E-state index contributed by atoms with van der Waals surface area (Å²) in [6.07, 6.45) is 3.80. The Morgan fingerprint density at radius 2 is 1.40 bits per heavy atom. The van der Waals surface area contributed by atoms with Crippen LogP contribution in [-0.4, -0.2) is 11.7 Å². The molecular formula is C42H28N4O2. The van der Waals surface area contributed by atoms with Crippen LogP contribution >= 0.6 is 0 Å². The minimum absolute atomic E-state index is 0.309. The molecule has 0 aliphatic carbocycles. The number of benzene rings is 6. The predicted octanol–water partition coefficient (Wildman–Crippen LogP) is 9.72. The molecule has 0 radical (unpaired) electrons. The Balaban J connectivity index is 1.13. The molecule has 228 valence electrons. The van der Waals surface area contributed by atoms with Gasteiger partial charge in [0.25, 0.3) is 0 Å². The molecule has 2 aliphatic heterocycles. The molecule has 48 heavy (non-hydrogen) atoms. The molecule has 10 rings (SSSR count). The second-order valence-electron chi connectivity index (χ2n) is 12.2. The first-order valence-electron chi connectivity index (χ1n) is 16.1. The van der Waals surface area contributed by atoms with E-state index >= 15 is 0 Å². The van der Waals surface area contributed by atoms with Crippen LogP contribution in [0.15, 0.2) is 152 Å². The van der Waals surface area contributed by atoms with Crippen LogP contribution in [0.5, 0.6) is 0 Å². The van der Waals surface area contributed by atoms with Gasteiger partial charge in [-0.2, -0.15) is 0 Å². The monoisotopic (exact) mass is 620 g/mol. The van der Waals surface area contributed by atoms with Gasteiger partial charge in [-0.3, -0.25) is 0 Å². The molecule has 2 aliphatic rings. The van der Waals surface area contributed by atoms with Crippen molar-refractivity contribution in [1.29, 1.82) is 0 Å². The lowest BCUT2D eigenvalue weighted by atomic mass is 9.93. The fourth-order valence-corrected chi connectivity index (χ4v) is 7.20. The van der Waals surface area contributed by atoms with E-state index in [4.69, 9.17) is 18.8 Å². The Bertz CT molecular complexity index is 2660. The summed E-state index contributed by atoms with van der Waals surface area (Å²) in [7, 11) is 0. The summed E-state index contributed by atoms with van der Waals surface area (Å²) in [4.78, 5) is 10.4. The second kappa shape index (κ2) is 10.6. The molecule has 6 heteroatoms. The van der Waals surface area contributed by atoms with E-state index in [1.807, 2.05) is 54.7 Å². The lowest BCUT2D eigenvalue weighted by molar-refractivity contribution is 0.532. The smallest absolute Gasteiger partial charge is 0.160 e. The van der Waals surface area contributed by atoms with Gasteiger partial charge < -0.3 is 19.5 Å². The minimum atomic E-state index is -0.309. The zero-order valence-electron chi connectivity index (χ0n) is 25.8. The van der Waals surface area contributed by atoms with Crippen molar-refractivity contribution in [2.45, 2.75) is 12.7 Å². The molecule has 6 nitrogen and oxygen atoms in total. The van der Waals surface area contributed by atoms with Crippen molar-refractivity contribution in [2.24, 2.45) is 9.98 Å². The summed E-state index contributed by atoms with van der Waals surface area (Å²) in [6.45, 7) is 0.689. The molecule has 1 atom stereocenters. The second-order valence-corrected chi connectivity index (χ2v) is 12.2. The van der Waals surface area contributed by atoms with E-state index in [0.717, 1.165) is 77.7 Å². The van der Waals surface area contributed by atoms with Crippen LogP contribution in [0.4, 0.5) is 0 Å². The zero-order valence-corrected chi connectivity index (χ0v) is 25.8. The van der Waals surface area contributed by atoms with Crippen LogP contribution in [0.3, 0.4) is 0 Å². The number of hydrogen-bond acceptors (Lipinski definition) is 6. The SMILES string of the molecule is C1=Cc2c(oc3cccc(-c4cccc5cc(C6=NC(c7cccc8oc9ccccc9c78)=NC(c7ccccc7)N6)ccc45)c23)CN1. The van der Waals surface area contributed by atoms with Crippen molar-refractivity contribution < 1.29 is 8.83 Å². The van der Waals surface area contributed by atoms with Crippen LogP contribution in [0, 0.1) is 0 Å². The highest BCUT2D eigenvalue weighted by molar-refractivity contribution is 6.22. The first-order valence-corrected chi connectivity index (χ1v) is 16.1. The highest BCUT2D eigenvalue weighted by Gasteiger charge is 2.24. The number of amidine groups is 2. The van der Waals surface area contributed by atoms with E-state index in [9.17, 15) is 0 Å². The third-order valence-corrected chi connectivity index (χ3v) is 9.40. The molecule has 4 heterocycles. The molecule has 1 unspecified atom stereocenters. The molecule has 8 aromatic rings. The van der Waals surface area contributed by atoms with Crippen molar-refractivity contribution in [3.05, 3.63) is 162 Å². The van der Waals surface area contributed by atoms with Gasteiger partial charge in [-0.1, -0.05) is 103 Å². The molecule has 2 N–H and O–H groups in total. The highest BCUT2D eigenvalue weighted by Crippen LogP contribution is 2.40. The maximum absolute atomic E-state index is 6.25. The Hall–Kier alpha value is -6.40. The van der Waals surface area contributed by atoms with E-state index in [0.29, 0.717) is 12.4 Å². The number of fused-ring (bicyclic) bond motifs is 7. The molecule has 6 aromatic carbocycles. The summed E-state index contributed by atoms with van der Waals surface area (Å²) in [6, 6.07) is 44.0. The number of aliphatic imine (C=N–C) groups is 2. The Labute approximate surface area is 275 Å². The van der Waals surface area contributed by atoms with Gasteiger partial charge in [-0.15, -0.1) is 0 Å². The van der Waals surface area contributed by atoms with Crippen molar-refractivity contribution in [2.75, 3.05) is 0 Å². The predicted molar refractivity (Wildman–Crippen MR) is 194 cm³/mol. The molecular weight excluding hydrogens is 592 g/mol. The number of nitrogens with one attached hydrogen (secondary N) is 2. The summed E-state index contributed by atoms with van der Waals surface area (Å²) in [5.74, 6) is 2.41. The quantitative estimate of drug-likeness (QED) is 0.205. The van der Waals surface area contributed by atoms with Gasteiger partial charge in [0.15, 0.2) is 5.84 Å². The van der Waals surface area contributed by atoms with E-state index in [1.165, 1.54) is 10.9 Å². The van der Waals surface area contributed by atoms with Crippen LogP contribution in [-0.2, 0) is 6.54 Å². The molecule has 0 saturated heterocycles. The third-order valence-electron chi connectivity index (χ3n) is 9.40. The number of para-hydroxylation sites is 1. The fraction of sp³-hybridized carbons (Fsp3) is 0.0476. The largest absolute Gasteiger partial charge is 0.459 e. The molecule has 0 amide bonds. The van der Waals surface area contributed by atoms with E-state index in [2.05, 4.69) is 95.6 Å². The first-order chi connectivity index (χ1) is 23.8. The van der Waals surface area contributed by atoms with Crippen molar-refractivity contribution in [3.63, 3.8) is 0 Å². The topological polar surface area (TPSA) is 75.1 Å². The first kappa shape index (κ1) is 26.8. The standard InChI is InChI=1S/C42H28N4O2/c1-2-9-25(10-3-1)40-44-41(46-42(45-40)33-15-8-18-36-39(33)31-12-4-5-16-34(31)47-36)27-19-20-28-26(23-27)11-6-13-29(28)30-14-7-17-35-38(30)32-21-22-43-24-37(32)48-35/h1-23,40,43H,24H2,(H,44,45,46). The maximum atomic E-state index is 6.25. The molecule has 0 bridgehead atoms. The molecule has 0 saturated carbocycles. The van der Waals surface area contributed by atoms with Gasteiger partial charge in [0.05, 0.1) is 6.54 Å². The minimum Gasteiger partial charge on any atom is -0.459 e. The number of nitrogens with zero attached hydrogens (tertiary/aromatic N) is 2. The van der Waals surface area contributed by atoms with Gasteiger partial charge in [0, 0.05) is 32.8 Å². The van der Waals surface area contributed by atoms with Gasteiger partial charge >= 0.3 is 0 Å². The van der Waals surface area contributed by atoms with E-state index in [1.54, 1.807) is 0 Å². The Morgan fingerprint density at radius 1 is 0.625 bits per heavy atom. The number of rotatable bonds is 4. The van der Waals surface area contributed by atoms with E-state index < -0.39 is 0 Å².